The minimum atomic E-state index is -4.89. The number of pyridine rings is 1. The highest BCUT2D eigenvalue weighted by atomic mass is 19.4. The Kier molecular flexibility index (Phi) is 9.92. The van der Waals surface area contributed by atoms with Crippen molar-refractivity contribution in [1.29, 1.82) is 0 Å². The molecular formula is C31H29F8N3O5. The predicted molar refractivity (Wildman–Crippen MR) is 153 cm³/mol. The number of carbonyl (C=O) groups excluding carboxylic acids is 2. The SMILES string of the molecule is COC(=O)C(Cc1ccc(-c2c(C(F)(F)F)cc(C)n(C)c2=O)c2c1CCCO2)NC(=O)c1c(F)cc(NC(C)C(F)(F)F)cc1F. The van der Waals surface area contributed by atoms with Gasteiger partial charge in [-0.15, -0.1) is 0 Å². The molecule has 3 aromatic rings. The summed E-state index contributed by atoms with van der Waals surface area (Å²) in [7, 11) is 2.31. The van der Waals surface area contributed by atoms with Crippen molar-refractivity contribution in [3.8, 4) is 16.9 Å². The van der Waals surface area contributed by atoms with Crippen molar-refractivity contribution in [2.24, 2.45) is 7.05 Å². The summed E-state index contributed by atoms with van der Waals surface area (Å²) in [5.41, 5.74) is -3.90. The molecule has 2 aromatic carbocycles. The van der Waals surface area contributed by atoms with Crippen LogP contribution in [0.2, 0.25) is 0 Å². The number of benzene rings is 2. The van der Waals surface area contributed by atoms with E-state index in [4.69, 9.17) is 9.47 Å². The van der Waals surface area contributed by atoms with Crippen LogP contribution in [0.4, 0.5) is 40.8 Å². The molecule has 4 rings (SSSR count). The summed E-state index contributed by atoms with van der Waals surface area (Å²) in [6.07, 6.45) is -9.31. The maximum Gasteiger partial charge on any atom is 0.417 e. The van der Waals surface area contributed by atoms with Crippen molar-refractivity contribution in [3.63, 3.8) is 0 Å². The topological polar surface area (TPSA) is 98.7 Å². The van der Waals surface area contributed by atoms with Crippen LogP contribution in [0.25, 0.3) is 11.1 Å². The fraction of sp³-hybridized carbons (Fsp3) is 0.387. The second-order valence-electron chi connectivity index (χ2n) is 10.9. The zero-order valence-electron chi connectivity index (χ0n) is 25.4. The van der Waals surface area contributed by atoms with Gasteiger partial charge in [-0.25, -0.2) is 13.6 Å². The summed E-state index contributed by atoms with van der Waals surface area (Å²) in [4.78, 5) is 38.8. The first-order valence-corrected chi connectivity index (χ1v) is 14.1. The van der Waals surface area contributed by atoms with Gasteiger partial charge in [-0.1, -0.05) is 12.1 Å². The van der Waals surface area contributed by atoms with Crippen LogP contribution in [-0.4, -0.2) is 48.4 Å². The Bertz CT molecular complexity index is 1740. The van der Waals surface area contributed by atoms with Crippen molar-refractivity contribution < 1.29 is 54.2 Å². The summed E-state index contributed by atoms with van der Waals surface area (Å²) in [6.45, 7) is 2.19. The number of rotatable bonds is 8. The van der Waals surface area contributed by atoms with Crippen molar-refractivity contribution in [2.75, 3.05) is 19.0 Å². The van der Waals surface area contributed by atoms with Gasteiger partial charge in [0, 0.05) is 30.4 Å². The van der Waals surface area contributed by atoms with Crippen LogP contribution in [0.15, 0.2) is 35.1 Å². The molecule has 0 fully saturated rings. The van der Waals surface area contributed by atoms with Crippen molar-refractivity contribution in [1.82, 2.24) is 9.88 Å². The van der Waals surface area contributed by atoms with E-state index in [0.29, 0.717) is 29.7 Å². The fourth-order valence-electron chi connectivity index (χ4n) is 5.21. The molecule has 0 radical (unpaired) electrons. The molecule has 2 heterocycles. The summed E-state index contributed by atoms with van der Waals surface area (Å²) in [5.74, 6) is -5.52. The molecular weight excluding hydrogens is 646 g/mol. The number of carbonyl (C=O) groups is 2. The smallest absolute Gasteiger partial charge is 0.417 e. The molecule has 0 saturated carbocycles. The van der Waals surface area contributed by atoms with Crippen LogP contribution < -0.4 is 20.9 Å². The number of halogens is 8. The van der Waals surface area contributed by atoms with E-state index >= 15 is 0 Å². The lowest BCUT2D eigenvalue weighted by molar-refractivity contribution is -0.143. The number of fused-ring (bicyclic) bond motifs is 1. The molecule has 0 saturated heterocycles. The van der Waals surface area contributed by atoms with Gasteiger partial charge in [0.25, 0.3) is 11.5 Å². The van der Waals surface area contributed by atoms with Gasteiger partial charge in [-0.3, -0.25) is 9.59 Å². The highest BCUT2D eigenvalue weighted by Crippen LogP contribution is 2.43. The number of anilines is 1. The second-order valence-corrected chi connectivity index (χ2v) is 10.9. The molecule has 0 spiro atoms. The molecule has 254 valence electrons. The van der Waals surface area contributed by atoms with E-state index in [9.17, 15) is 49.5 Å². The number of methoxy groups -OCH3 is 1. The van der Waals surface area contributed by atoms with Crippen molar-refractivity contribution in [2.45, 2.75) is 57.5 Å². The summed E-state index contributed by atoms with van der Waals surface area (Å²) in [5, 5.41) is 4.06. The standard InChI is InChI=1S/C31H29F8N3O5/c1-14-10-20(31(37,38)39)24(28(44)42(14)3)19-8-7-16(18-6-5-9-47-26(18)19)11-23(29(45)46-4)41-27(43)25-21(32)12-17(13-22(25)33)40-15(2)30(34,35)36/h7-8,10,12-13,15,23,40H,5-6,9,11H2,1-4H3,(H,41,43). The Morgan fingerprint density at radius 1 is 1.06 bits per heavy atom. The quantitative estimate of drug-likeness (QED) is 0.230. The third-order valence-corrected chi connectivity index (χ3v) is 7.78. The zero-order chi connectivity index (χ0) is 35.0. The number of amides is 1. The Hall–Kier alpha value is -4.63. The van der Waals surface area contributed by atoms with Gasteiger partial charge in [0.2, 0.25) is 0 Å². The van der Waals surface area contributed by atoms with E-state index in [0.717, 1.165) is 24.7 Å². The largest absolute Gasteiger partial charge is 0.493 e. The molecule has 1 aliphatic rings. The van der Waals surface area contributed by atoms with E-state index in [1.807, 2.05) is 5.32 Å². The van der Waals surface area contributed by atoms with Gasteiger partial charge < -0.3 is 24.7 Å². The van der Waals surface area contributed by atoms with E-state index in [2.05, 4.69) is 5.32 Å². The zero-order valence-corrected chi connectivity index (χ0v) is 25.4. The average molecular weight is 676 g/mol. The minimum Gasteiger partial charge on any atom is -0.493 e. The lowest BCUT2D eigenvalue weighted by Crippen LogP contribution is -2.44. The highest BCUT2D eigenvalue weighted by molar-refractivity contribution is 5.97. The molecule has 8 nitrogen and oxygen atoms in total. The van der Waals surface area contributed by atoms with Crippen LogP contribution in [-0.2, 0) is 35.6 Å². The third kappa shape index (κ3) is 7.36. The first-order valence-electron chi connectivity index (χ1n) is 14.1. The molecule has 16 heteroatoms. The van der Waals surface area contributed by atoms with Gasteiger partial charge >= 0.3 is 18.3 Å². The number of nitrogens with one attached hydrogen (secondary N) is 2. The number of ether oxygens (including phenoxy) is 2. The van der Waals surface area contributed by atoms with Crippen LogP contribution in [0.1, 0.15) is 46.1 Å². The molecule has 2 N–H and O–H groups in total. The minimum absolute atomic E-state index is 0.0246. The van der Waals surface area contributed by atoms with Crippen LogP contribution in [0.3, 0.4) is 0 Å². The van der Waals surface area contributed by atoms with Gasteiger partial charge in [0.15, 0.2) is 0 Å². The first kappa shape index (κ1) is 35.2. The molecule has 0 bridgehead atoms. The number of alkyl halides is 6. The van der Waals surface area contributed by atoms with Gasteiger partial charge in [-0.2, -0.15) is 26.3 Å². The van der Waals surface area contributed by atoms with E-state index < -0.39 is 75.9 Å². The average Bonchev–Trinajstić information content (AvgIpc) is 2.98. The summed E-state index contributed by atoms with van der Waals surface area (Å²) < 4.78 is 122. The van der Waals surface area contributed by atoms with Crippen molar-refractivity contribution in [3.05, 3.63) is 80.3 Å². The molecule has 2 atom stereocenters. The number of esters is 1. The normalized spacial score (nSPS) is 14.5. The monoisotopic (exact) mass is 675 g/mol. The highest BCUT2D eigenvalue weighted by Gasteiger charge is 2.38. The molecule has 1 amide bonds. The van der Waals surface area contributed by atoms with E-state index in [-0.39, 0.29) is 36.5 Å². The molecule has 1 aromatic heterocycles. The maximum atomic E-state index is 14.8. The van der Waals surface area contributed by atoms with Gasteiger partial charge in [-0.05, 0) is 56.0 Å². The molecule has 0 aliphatic carbocycles. The van der Waals surface area contributed by atoms with Gasteiger partial charge in [0.05, 0.1) is 24.8 Å². The Labute approximate surface area is 262 Å². The lowest BCUT2D eigenvalue weighted by atomic mass is 9.89. The Morgan fingerprint density at radius 3 is 2.28 bits per heavy atom. The number of hydrogen-bond acceptors (Lipinski definition) is 6. The summed E-state index contributed by atoms with van der Waals surface area (Å²) in [6, 6.07) is 0.664. The fourth-order valence-corrected chi connectivity index (χ4v) is 5.21. The maximum absolute atomic E-state index is 14.8. The summed E-state index contributed by atoms with van der Waals surface area (Å²) >= 11 is 0. The van der Waals surface area contributed by atoms with Gasteiger partial charge in [0.1, 0.15) is 35.0 Å². The Balaban J connectivity index is 1.71. The number of aromatic nitrogens is 1. The number of hydrogen-bond donors (Lipinski definition) is 2. The number of nitrogens with zero attached hydrogens (tertiary/aromatic N) is 1. The molecule has 1 aliphatic heterocycles. The van der Waals surface area contributed by atoms with Crippen LogP contribution in [0.5, 0.6) is 5.75 Å². The Morgan fingerprint density at radius 2 is 1.70 bits per heavy atom. The molecule has 2 unspecified atom stereocenters. The predicted octanol–water partition coefficient (Wildman–Crippen LogP) is 5.86. The lowest BCUT2D eigenvalue weighted by Gasteiger charge is -2.26. The third-order valence-electron chi connectivity index (χ3n) is 7.78. The van der Waals surface area contributed by atoms with Crippen molar-refractivity contribution >= 4 is 17.6 Å². The molecule has 47 heavy (non-hydrogen) atoms. The first-order chi connectivity index (χ1) is 21.8. The van der Waals surface area contributed by atoms with Crippen LogP contribution >= 0.6 is 0 Å². The van der Waals surface area contributed by atoms with E-state index in [1.165, 1.54) is 26.1 Å². The number of aryl methyl sites for hydroxylation is 1. The van der Waals surface area contributed by atoms with E-state index in [1.54, 1.807) is 0 Å². The second kappa shape index (κ2) is 13.2. The van der Waals surface area contributed by atoms with Crippen LogP contribution in [0, 0.1) is 18.6 Å².